The van der Waals surface area contributed by atoms with Crippen molar-refractivity contribution >= 4 is 11.6 Å². The zero-order valence-corrected chi connectivity index (χ0v) is 17.9. The van der Waals surface area contributed by atoms with Crippen molar-refractivity contribution < 1.29 is 31.5 Å². The van der Waals surface area contributed by atoms with Gasteiger partial charge in [0.1, 0.15) is 11.6 Å². The van der Waals surface area contributed by atoms with Crippen molar-refractivity contribution in [2.45, 2.75) is 37.1 Å². The van der Waals surface area contributed by atoms with Crippen LogP contribution >= 0.6 is 0 Å². The van der Waals surface area contributed by atoms with Gasteiger partial charge in [0.25, 0.3) is 0 Å². The number of benzene rings is 2. The lowest BCUT2D eigenvalue weighted by atomic mass is 9.76. The van der Waals surface area contributed by atoms with Crippen LogP contribution in [0.1, 0.15) is 30.1 Å². The Labute approximate surface area is 191 Å². The summed E-state index contributed by atoms with van der Waals surface area (Å²) < 4.78 is 75.3. The number of nitrogens with zero attached hydrogens (tertiary/aromatic N) is 2. The lowest BCUT2D eigenvalue weighted by Crippen LogP contribution is -2.36. The molecule has 2 aliphatic heterocycles. The fourth-order valence-corrected chi connectivity index (χ4v) is 5.04. The first kappa shape index (κ1) is 22.5. The summed E-state index contributed by atoms with van der Waals surface area (Å²) in [6.45, 7) is 0. The molecule has 1 amide bonds. The Morgan fingerprint density at radius 3 is 2.41 bits per heavy atom. The van der Waals surface area contributed by atoms with Gasteiger partial charge in [-0.15, -0.1) is 0 Å². The fourth-order valence-electron chi connectivity index (χ4n) is 5.04. The number of hydrogen-bond donors (Lipinski definition) is 1. The molecular weight excluding hydrogens is 457 g/mol. The Balaban J connectivity index is 1.40. The van der Waals surface area contributed by atoms with Gasteiger partial charge in [0, 0.05) is 35.5 Å². The van der Waals surface area contributed by atoms with Crippen molar-refractivity contribution in [3.05, 3.63) is 71.6 Å². The Bertz CT molecular complexity index is 1260. The second-order valence-electron chi connectivity index (χ2n) is 8.58. The quantitative estimate of drug-likeness (QED) is 0.520. The zero-order valence-electron chi connectivity index (χ0n) is 17.9. The number of anilines is 1. The maximum absolute atomic E-state index is 14.7. The largest absolute Gasteiger partial charge is 0.435 e. The predicted molar refractivity (Wildman–Crippen MR) is 113 cm³/mol. The van der Waals surface area contributed by atoms with Crippen molar-refractivity contribution in [1.82, 2.24) is 9.78 Å². The molecule has 2 bridgehead atoms. The normalized spacial score (nSPS) is 23.9. The molecule has 1 aromatic heterocycles. The summed E-state index contributed by atoms with van der Waals surface area (Å²) >= 11 is 0. The number of amides is 1. The third-order valence-corrected chi connectivity index (χ3v) is 6.52. The molecule has 2 aromatic carbocycles. The van der Waals surface area contributed by atoms with Gasteiger partial charge in [0.15, 0.2) is 5.69 Å². The lowest BCUT2D eigenvalue weighted by molar-refractivity contribution is -0.141. The van der Waals surface area contributed by atoms with E-state index < -0.39 is 53.5 Å². The Hall–Kier alpha value is -3.27. The van der Waals surface area contributed by atoms with Crippen molar-refractivity contribution in [2.75, 3.05) is 5.32 Å². The van der Waals surface area contributed by atoms with Gasteiger partial charge < -0.3 is 10.1 Å². The molecule has 3 heterocycles. The summed E-state index contributed by atoms with van der Waals surface area (Å²) in [6, 6.07) is 10.6. The highest BCUT2D eigenvalue weighted by Crippen LogP contribution is 2.49. The molecule has 0 saturated carbocycles. The number of fused-ring (bicyclic) bond motifs is 2. The average Bonchev–Trinajstić information content (AvgIpc) is 3.48. The summed E-state index contributed by atoms with van der Waals surface area (Å²) in [5.74, 6) is -3.15. The van der Waals surface area contributed by atoms with Gasteiger partial charge in [-0.3, -0.25) is 9.48 Å². The van der Waals surface area contributed by atoms with Crippen LogP contribution in [0.4, 0.5) is 27.6 Å². The molecule has 34 heavy (non-hydrogen) atoms. The molecule has 178 valence electrons. The van der Waals surface area contributed by atoms with E-state index in [4.69, 9.17) is 4.74 Å². The molecule has 0 spiro atoms. The predicted octanol–water partition coefficient (Wildman–Crippen LogP) is 5.28. The number of carbonyl (C=O) groups excluding carboxylic acids is 1. The number of aryl methyl sites for hydroxylation is 1. The van der Waals surface area contributed by atoms with Gasteiger partial charge >= 0.3 is 6.18 Å². The van der Waals surface area contributed by atoms with E-state index >= 15 is 0 Å². The van der Waals surface area contributed by atoms with Crippen molar-refractivity contribution in [3.63, 3.8) is 0 Å². The zero-order chi connectivity index (χ0) is 24.2. The summed E-state index contributed by atoms with van der Waals surface area (Å²) in [5, 5.41) is 6.22. The first-order chi connectivity index (χ1) is 16.1. The number of halogens is 5. The molecule has 3 aromatic rings. The number of hydrogen-bond acceptors (Lipinski definition) is 3. The van der Waals surface area contributed by atoms with Gasteiger partial charge in [0.05, 0.1) is 18.1 Å². The molecular formula is C24H20F5N3O2. The number of ether oxygens (including phenoxy) is 1. The molecule has 2 fully saturated rings. The maximum Gasteiger partial charge on any atom is 0.435 e. The van der Waals surface area contributed by atoms with Crippen LogP contribution in [-0.2, 0) is 22.8 Å². The van der Waals surface area contributed by atoms with Gasteiger partial charge in [-0.2, -0.15) is 18.3 Å². The van der Waals surface area contributed by atoms with E-state index in [0.717, 1.165) is 16.8 Å². The van der Waals surface area contributed by atoms with Gasteiger partial charge in [-0.25, -0.2) is 8.78 Å². The van der Waals surface area contributed by atoms with Crippen LogP contribution in [0.2, 0.25) is 0 Å². The molecule has 5 nitrogen and oxygen atoms in total. The SMILES string of the molecule is Cn1nc(C(F)(F)F)cc1[C@@H]1[C@H](C(=O)Nc2ccc(-c3ccccc3F)c(F)c2)[C@H]2CC[C@@H]1O2. The van der Waals surface area contributed by atoms with Crippen LogP contribution in [0.15, 0.2) is 48.5 Å². The van der Waals surface area contributed by atoms with Crippen LogP contribution in [-0.4, -0.2) is 27.9 Å². The van der Waals surface area contributed by atoms with Crippen molar-refractivity contribution in [2.24, 2.45) is 13.0 Å². The van der Waals surface area contributed by atoms with Crippen LogP contribution in [0.5, 0.6) is 0 Å². The molecule has 0 radical (unpaired) electrons. The Kier molecular flexibility index (Phi) is 5.43. The van der Waals surface area contributed by atoms with Crippen molar-refractivity contribution in [1.29, 1.82) is 0 Å². The number of nitrogens with one attached hydrogen (secondary N) is 1. The smallest absolute Gasteiger partial charge is 0.373 e. The summed E-state index contributed by atoms with van der Waals surface area (Å²) in [4.78, 5) is 13.2. The summed E-state index contributed by atoms with van der Waals surface area (Å²) in [7, 11) is 1.41. The molecule has 1 N–H and O–H groups in total. The maximum atomic E-state index is 14.7. The third kappa shape index (κ3) is 3.85. The third-order valence-electron chi connectivity index (χ3n) is 6.52. The van der Waals surface area contributed by atoms with Gasteiger partial charge in [-0.1, -0.05) is 18.2 Å². The van der Waals surface area contributed by atoms with E-state index in [1.807, 2.05) is 0 Å². The second kappa shape index (κ2) is 8.19. The fraction of sp³-hybridized carbons (Fsp3) is 0.333. The molecule has 4 atom stereocenters. The number of aromatic nitrogens is 2. The monoisotopic (exact) mass is 477 g/mol. The molecule has 0 unspecified atom stereocenters. The highest BCUT2D eigenvalue weighted by Gasteiger charge is 2.54. The minimum Gasteiger partial charge on any atom is -0.373 e. The average molecular weight is 477 g/mol. The topological polar surface area (TPSA) is 56.2 Å². The standard InChI is InChI=1S/C24H20F5N3O2/c1-32-17(11-20(31-32)24(27,28)29)21-18-8-9-19(34-18)22(21)23(33)30-12-6-7-14(16(26)10-12)13-4-2-3-5-15(13)25/h2-7,10-11,18-19,21-22H,8-9H2,1H3,(H,30,33)/t18-,19+,21-,22+/m0/s1. The van der Waals surface area contributed by atoms with Gasteiger partial charge in [-0.05, 0) is 43.2 Å². The van der Waals surface area contributed by atoms with Crippen LogP contribution in [0.25, 0.3) is 11.1 Å². The number of alkyl halides is 3. The molecule has 2 aliphatic rings. The van der Waals surface area contributed by atoms with E-state index in [1.165, 1.54) is 37.4 Å². The summed E-state index contributed by atoms with van der Waals surface area (Å²) in [5.41, 5.74) is -0.466. The molecule has 10 heteroatoms. The van der Waals surface area contributed by atoms with E-state index in [0.29, 0.717) is 12.8 Å². The highest BCUT2D eigenvalue weighted by atomic mass is 19.4. The highest BCUT2D eigenvalue weighted by molar-refractivity contribution is 5.94. The molecule has 5 rings (SSSR count). The first-order valence-corrected chi connectivity index (χ1v) is 10.8. The van der Waals surface area contributed by atoms with Crippen LogP contribution < -0.4 is 5.32 Å². The van der Waals surface area contributed by atoms with Crippen LogP contribution in [0.3, 0.4) is 0 Å². The second-order valence-corrected chi connectivity index (χ2v) is 8.58. The Morgan fingerprint density at radius 1 is 1.03 bits per heavy atom. The van der Waals surface area contributed by atoms with E-state index in [1.54, 1.807) is 6.07 Å². The minimum atomic E-state index is -4.61. The number of carbonyl (C=O) groups is 1. The summed E-state index contributed by atoms with van der Waals surface area (Å²) in [6.07, 6.45) is -4.25. The molecule has 2 saturated heterocycles. The van der Waals surface area contributed by atoms with Crippen molar-refractivity contribution in [3.8, 4) is 11.1 Å². The Morgan fingerprint density at radius 2 is 1.74 bits per heavy atom. The van der Waals surface area contributed by atoms with E-state index in [-0.39, 0.29) is 22.5 Å². The minimum absolute atomic E-state index is 0.0480. The van der Waals surface area contributed by atoms with Crippen LogP contribution in [0, 0.1) is 17.6 Å². The first-order valence-electron chi connectivity index (χ1n) is 10.8. The van der Waals surface area contributed by atoms with E-state index in [2.05, 4.69) is 10.4 Å². The number of rotatable bonds is 4. The lowest BCUT2D eigenvalue weighted by Gasteiger charge is -2.27. The van der Waals surface area contributed by atoms with E-state index in [9.17, 15) is 26.7 Å². The van der Waals surface area contributed by atoms with Gasteiger partial charge in [0.2, 0.25) is 5.91 Å². The molecule has 0 aliphatic carbocycles.